The second kappa shape index (κ2) is 8.61. The summed E-state index contributed by atoms with van der Waals surface area (Å²) in [6.07, 6.45) is 1.90. The fraction of sp³-hybridized carbons (Fsp3) is 0.375. The first kappa shape index (κ1) is 21.1. The number of fused-ring (bicyclic) bond motifs is 2. The van der Waals surface area contributed by atoms with E-state index in [1.54, 1.807) is 11.3 Å². The van der Waals surface area contributed by atoms with Crippen molar-refractivity contribution in [3.8, 4) is 0 Å². The summed E-state index contributed by atoms with van der Waals surface area (Å²) in [6.45, 7) is 10.7. The second-order valence-electron chi connectivity index (χ2n) is 8.31. The van der Waals surface area contributed by atoms with Crippen LogP contribution in [0.15, 0.2) is 36.5 Å². The minimum Gasteiger partial charge on any atom is -0.379 e. The highest BCUT2D eigenvalue weighted by atomic mass is 32.1. The fourth-order valence-electron chi connectivity index (χ4n) is 4.33. The third kappa shape index (κ3) is 3.90. The van der Waals surface area contributed by atoms with Gasteiger partial charge in [0.2, 0.25) is 0 Å². The van der Waals surface area contributed by atoms with Gasteiger partial charge in [0.1, 0.15) is 11.3 Å². The molecule has 1 aliphatic rings. The van der Waals surface area contributed by atoms with Gasteiger partial charge in [-0.15, -0.1) is 0 Å². The Balaban J connectivity index is 1.55. The Morgan fingerprint density at radius 2 is 1.97 bits per heavy atom. The number of carbonyl (C=O) groups excluding carboxylic acids is 1. The summed E-state index contributed by atoms with van der Waals surface area (Å²) < 4.78 is 8.49. The fourth-order valence-corrected chi connectivity index (χ4v) is 5.37. The number of morpholine rings is 1. The van der Waals surface area contributed by atoms with Gasteiger partial charge < -0.3 is 4.74 Å². The van der Waals surface area contributed by atoms with E-state index in [1.807, 2.05) is 40.6 Å². The van der Waals surface area contributed by atoms with Crippen LogP contribution in [0.3, 0.4) is 0 Å². The van der Waals surface area contributed by atoms with Gasteiger partial charge in [-0.1, -0.05) is 23.5 Å². The van der Waals surface area contributed by atoms with Crippen molar-refractivity contribution in [3.63, 3.8) is 0 Å². The number of carbonyl (C=O) groups is 1. The molecule has 1 aromatic carbocycles. The summed E-state index contributed by atoms with van der Waals surface area (Å²) in [7, 11) is 0. The molecule has 1 aliphatic heterocycles. The van der Waals surface area contributed by atoms with E-state index in [1.165, 1.54) is 11.1 Å². The minimum atomic E-state index is -0.0668. The molecule has 7 nitrogen and oxygen atoms in total. The van der Waals surface area contributed by atoms with Crippen LogP contribution in [0.1, 0.15) is 27.3 Å². The number of hydrogen-bond acceptors (Lipinski definition) is 6. The molecular formula is C24H27N5O2S. The Kier molecular flexibility index (Phi) is 5.67. The molecule has 4 aromatic rings. The average Bonchev–Trinajstić information content (AvgIpc) is 3.34. The van der Waals surface area contributed by atoms with Crippen LogP contribution in [0.5, 0.6) is 0 Å². The van der Waals surface area contributed by atoms with Gasteiger partial charge in [0, 0.05) is 32.4 Å². The van der Waals surface area contributed by atoms with Gasteiger partial charge in [0.25, 0.3) is 5.91 Å². The molecule has 8 heteroatoms. The predicted octanol–water partition coefficient (Wildman–Crippen LogP) is 3.85. The monoisotopic (exact) mass is 449 g/mol. The number of rotatable bonds is 5. The van der Waals surface area contributed by atoms with Crippen LogP contribution in [0.25, 0.3) is 15.9 Å². The van der Waals surface area contributed by atoms with Crippen molar-refractivity contribution in [1.29, 1.82) is 0 Å². The van der Waals surface area contributed by atoms with Gasteiger partial charge in [-0.2, -0.15) is 0 Å². The number of benzene rings is 1. The molecule has 1 fully saturated rings. The summed E-state index contributed by atoms with van der Waals surface area (Å²) in [5, 5.41) is 0.734. The first-order valence-corrected chi connectivity index (χ1v) is 11.8. The predicted molar refractivity (Wildman–Crippen MR) is 128 cm³/mol. The van der Waals surface area contributed by atoms with E-state index in [4.69, 9.17) is 9.72 Å². The van der Waals surface area contributed by atoms with Gasteiger partial charge >= 0.3 is 0 Å². The summed E-state index contributed by atoms with van der Waals surface area (Å²) in [5.41, 5.74) is 5.41. The first-order chi connectivity index (χ1) is 15.5. The minimum absolute atomic E-state index is 0.0668. The number of aromatic nitrogens is 3. The lowest BCUT2D eigenvalue weighted by atomic mass is 10.1. The topological polar surface area (TPSA) is 63.0 Å². The third-order valence-electron chi connectivity index (χ3n) is 5.94. The molecule has 0 bridgehead atoms. The largest absolute Gasteiger partial charge is 0.379 e. The van der Waals surface area contributed by atoms with Gasteiger partial charge in [-0.25, -0.2) is 9.97 Å². The van der Waals surface area contributed by atoms with E-state index in [0.29, 0.717) is 12.2 Å². The molecule has 3 aromatic heterocycles. The van der Waals surface area contributed by atoms with Gasteiger partial charge in [-0.05, 0) is 50.1 Å². The van der Waals surface area contributed by atoms with Crippen LogP contribution in [0, 0.1) is 20.8 Å². The molecule has 1 amide bonds. The molecule has 0 aliphatic carbocycles. The van der Waals surface area contributed by atoms with Crippen molar-refractivity contribution in [2.24, 2.45) is 0 Å². The van der Waals surface area contributed by atoms with E-state index in [-0.39, 0.29) is 5.91 Å². The van der Waals surface area contributed by atoms with Gasteiger partial charge in [0.05, 0.1) is 29.1 Å². The Hall–Kier alpha value is -2.81. The smallest absolute Gasteiger partial charge is 0.279 e. The molecule has 5 rings (SSSR count). The maximum absolute atomic E-state index is 13.9. The summed E-state index contributed by atoms with van der Waals surface area (Å²) in [4.78, 5) is 27.6. The molecule has 4 heterocycles. The van der Waals surface area contributed by atoms with E-state index >= 15 is 0 Å². The molecule has 32 heavy (non-hydrogen) atoms. The van der Waals surface area contributed by atoms with Crippen molar-refractivity contribution in [3.05, 3.63) is 59.0 Å². The highest BCUT2D eigenvalue weighted by Crippen LogP contribution is 2.33. The van der Waals surface area contributed by atoms with Gasteiger partial charge in [-0.3, -0.25) is 19.0 Å². The van der Waals surface area contributed by atoms with Crippen LogP contribution in [0.2, 0.25) is 0 Å². The molecule has 0 saturated carbocycles. The first-order valence-electron chi connectivity index (χ1n) is 10.9. The van der Waals surface area contributed by atoms with Crippen molar-refractivity contribution in [1.82, 2.24) is 19.3 Å². The van der Waals surface area contributed by atoms with E-state index in [0.717, 1.165) is 59.5 Å². The molecule has 1 saturated heterocycles. The van der Waals surface area contributed by atoms with E-state index < -0.39 is 0 Å². The standard InChI is InChI=1S/C24H27N5O2S/c1-16-14-17(2)22-19(15-16)26-24(32-22)29(9-8-27-10-12-31-13-11-27)23(30)21-18(3)25-20-6-4-5-7-28(20)21/h4-7,14-15H,8-13H2,1-3H3. The molecule has 166 valence electrons. The molecule has 0 radical (unpaired) electrons. The van der Waals surface area contributed by atoms with Crippen molar-refractivity contribution < 1.29 is 9.53 Å². The summed E-state index contributed by atoms with van der Waals surface area (Å²) >= 11 is 1.59. The number of hydrogen-bond donors (Lipinski definition) is 0. The van der Waals surface area contributed by atoms with Crippen LogP contribution in [-0.4, -0.2) is 64.6 Å². The Morgan fingerprint density at radius 3 is 2.78 bits per heavy atom. The highest BCUT2D eigenvalue weighted by Gasteiger charge is 2.27. The summed E-state index contributed by atoms with van der Waals surface area (Å²) in [5.74, 6) is -0.0668. The second-order valence-corrected chi connectivity index (χ2v) is 9.29. The molecule has 0 unspecified atom stereocenters. The average molecular weight is 450 g/mol. The van der Waals surface area contributed by atoms with Crippen LogP contribution >= 0.6 is 11.3 Å². The van der Waals surface area contributed by atoms with Crippen molar-refractivity contribution in [2.75, 3.05) is 44.3 Å². The van der Waals surface area contributed by atoms with Crippen LogP contribution in [0.4, 0.5) is 5.13 Å². The molecule has 0 spiro atoms. The molecule has 0 atom stereocenters. The van der Waals surface area contributed by atoms with Crippen LogP contribution < -0.4 is 4.90 Å². The number of amides is 1. The number of nitrogens with zero attached hydrogens (tertiary/aromatic N) is 5. The lowest BCUT2D eigenvalue weighted by Crippen LogP contribution is -2.43. The van der Waals surface area contributed by atoms with E-state index in [9.17, 15) is 4.79 Å². The third-order valence-corrected chi connectivity index (χ3v) is 7.16. The number of imidazole rings is 1. The molecular weight excluding hydrogens is 422 g/mol. The Labute approximate surface area is 191 Å². The summed E-state index contributed by atoms with van der Waals surface area (Å²) in [6, 6.07) is 10.0. The zero-order valence-corrected chi connectivity index (χ0v) is 19.5. The maximum atomic E-state index is 13.9. The van der Waals surface area contributed by atoms with E-state index in [2.05, 4.69) is 35.9 Å². The number of thiazole rings is 1. The normalized spacial score (nSPS) is 15.0. The quantitative estimate of drug-likeness (QED) is 0.463. The molecule has 0 N–H and O–H groups in total. The number of anilines is 1. The number of aryl methyl sites for hydroxylation is 3. The number of pyridine rings is 1. The van der Waals surface area contributed by atoms with Gasteiger partial charge in [0.15, 0.2) is 5.13 Å². The Morgan fingerprint density at radius 1 is 1.16 bits per heavy atom. The van der Waals surface area contributed by atoms with Crippen LogP contribution in [-0.2, 0) is 4.74 Å². The Bertz CT molecular complexity index is 1290. The SMILES string of the molecule is Cc1cc(C)c2sc(N(CCN3CCOCC3)C(=O)c3c(C)nc4ccccn34)nc2c1. The van der Waals surface area contributed by atoms with Crippen molar-refractivity contribution in [2.45, 2.75) is 20.8 Å². The lowest BCUT2D eigenvalue weighted by Gasteiger charge is -2.29. The highest BCUT2D eigenvalue weighted by molar-refractivity contribution is 7.22. The zero-order chi connectivity index (χ0) is 22.2. The zero-order valence-electron chi connectivity index (χ0n) is 18.7. The maximum Gasteiger partial charge on any atom is 0.279 e. The van der Waals surface area contributed by atoms with Crippen molar-refractivity contribution >= 4 is 38.2 Å². The lowest BCUT2D eigenvalue weighted by molar-refractivity contribution is 0.0391. The number of ether oxygens (including phenoxy) is 1.